The third kappa shape index (κ3) is 4.07. The molecule has 0 aliphatic carbocycles. The van der Waals surface area contributed by atoms with Gasteiger partial charge in [0.2, 0.25) is 0 Å². The van der Waals surface area contributed by atoms with Crippen molar-refractivity contribution in [3.05, 3.63) is 82.2 Å². The Hall–Kier alpha value is -3.39. The highest BCUT2D eigenvalue weighted by Gasteiger charge is 2.14. The second kappa shape index (κ2) is 7.92. The Morgan fingerprint density at radius 1 is 1.07 bits per heavy atom. The predicted molar refractivity (Wildman–Crippen MR) is 114 cm³/mol. The molecule has 4 aromatic rings. The Morgan fingerprint density at radius 3 is 2.66 bits per heavy atom. The maximum Gasteiger partial charge on any atom is 0.257 e. The Bertz CT molecular complexity index is 1190. The zero-order valence-electron chi connectivity index (χ0n) is 15.8. The van der Waals surface area contributed by atoms with Crippen LogP contribution >= 0.6 is 15.9 Å². The number of pyridine rings is 1. The van der Waals surface area contributed by atoms with Gasteiger partial charge in [-0.2, -0.15) is 0 Å². The van der Waals surface area contributed by atoms with Gasteiger partial charge in [-0.1, -0.05) is 34.1 Å². The summed E-state index contributed by atoms with van der Waals surface area (Å²) in [6.45, 7) is 3.77. The number of carbonyl (C=O) groups is 1. The van der Waals surface area contributed by atoms with E-state index in [-0.39, 0.29) is 5.91 Å². The highest BCUT2D eigenvalue weighted by atomic mass is 79.9. The van der Waals surface area contributed by atoms with Crippen LogP contribution in [0.25, 0.3) is 16.9 Å². The number of hydrogen-bond acceptors (Lipinski definition) is 5. The molecule has 8 heteroatoms. The van der Waals surface area contributed by atoms with Gasteiger partial charge < -0.3 is 5.32 Å². The Balaban J connectivity index is 1.60. The van der Waals surface area contributed by atoms with Crippen molar-refractivity contribution >= 4 is 27.5 Å². The molecule has 0 fully saturated rings. The molecule has 0 saturated heterocycles. The van der Waals surface area contributed by atoms with Crippen LogP contribution in [0.5, 0.6) is 0 Å². The van der Waals surface area contributed by atoms with Gasteiger partial charge in [-0.15, -0.1) is 5.10 Å². The highest BCUT2D eigenvalue weighted by molar-refractivity contribution is 9.10. The summed E-state index contributed by atoms with van der Waals surface area (Å²) < 4.78 is 2.52. The van der Waals surface area contributed by atoms with E-state index in [1.54, 1.807) is 6.07 Å². The van der Waals surface area contributed by atoms with E-state index in [0.717, 1.165) is 27.0 Å². The van der Waals surface area contributed by atoms with Gasteiger partial charge in [0.15, 0.2) is 0 Å². The minimum Gasteiger partial charge on any atom is -0.322 e. The first-order valence-corrected chi connectivity index (χ1v) is 9.69. The predicted octanol–water partition coefficient (Wildman–Crippen LogP) is 4.36. The number of aryl methyl sites for hydroxylation is 2. The van der Waals surface area contributed by atoms with Gasteiger partial charge in [0.05, 0.1) is 22.6 Å². The van der Waals surface area contributed by atoms with Crippen LogP contribution in [0, 0.1) is 13.8 Å². The maximum atomic E-state index is 12.9. The van der Waals surface area contributed by atoms with Gasteiger partial charge >= 0.3 is 0 Å². The molecule has 0 unspecified atom stereocenters. The number of tetrazole rings is 1. The molecule has 0 radical (unpaired) electrons. The number of amides is 1. The second-order valence-electron chi connectivity index (χ2n) is 6.55. The van der Waals surface area contributed by atoms with Crippen LogP contribution in [-0.4, -0.2) is 31.1 Å². The van der Waals surface area contributed by atoms with Gasteiger partial charge in [-0.05, 0) is 66.2 Å². The van der Waals surface area contributed by atoms with Crippen LogP contribution in [-0.2, 0) is 0 Å². The largest absolute Gasteiger partial charge is 0.322 e. The number of benzene rings is 2. The first-order valence-electron chi connectivity index (χ1n) is 8.90. The van der Waals surface area contributed by atoms with E-state index in [4.69, 9.17) is 0 Å². The standard InChI is InChI=1S/C21H17BrN6O/c1-13-6-7-17(28-12-23-26-27-28)11-20(13)25-21(29)18-8-9-19(24-14(18)2)15-4-3-5-16(22)10-15/h3-12H,1-2H3,(H,25,29). The molecule has 29 heavy (non-hydrogen) atoms. The van der Waals surface area contributed by atoms with Gasteiger partial charge in [-0.25, -0.2) is 4.68 Å². The molecule has 0 atom stereocenters. The molecular weight excluding hydrogens is 432 g/mol. The molecule has 0 aliphatic heterocycles. The van der Waals surface area contributed by atoms with E-state index in [2.05, 4.69) is 41.8 Å². The number of nitrogens with one attached hydrogen (secondary N) is 1. The fraction of sp³-hybridized carbons (Fsp3) is 0.0952. The Kier molecular flexibility index (Phi) is 5.18. The fourth-order valence-electron chi connectivity index (χ4n) is 2.97. The van der Waals surface area contributed by atoms with E-state index in [0.29, 0.717) is 16.9 Å². The number of anilines is 1. The summed E-state index contributed by atoms with van der Waals surface area (Å²) in [6, 6.07) is 17.2. The van der Waals surface area contributed by atoms with Gasteiger partial charge in [0.25, 0.3) is 5.91 Å². The molecule has 2 heterocycles. The molecule has 1 N–H and O–H groups in total. The Morgan fingerprint density at radius 2 is 1.93 bits per heavy atom. The van der Waals surface area contributed by atoms with Crippen LogP contribution in [0.4, 0.5) is 5.69 Å². The number of carbonyl (C=O) groups excluding carboxylic acids is 1. The van der Waals surface area contributed by atoms with Crippen molar-refractivity contribution < 1.29 is 4.79 Å². The van der Waals surface area contributed by atoms with Crippen molar-refractivity contribution in [3.63, 3.8) is 0 Å². The zero-order chi connectivity index (χ0) is 20.4. The molecule has 0 bridgehead atoms. The summed E-state index contributed by atoms with van der Waals surface area (Å²) in [7, 11) is 0. The molecule has 144 valence electrons. The van der Waals surface area contributed by atoms with Gasteiger partial charge in [0.1, 0.15) is 6.33 Å². The van der Waals surface area contributed by atoms with Crippen LogP contribution < -0.4 is 5.32 Å². The summed E-state index contributed by atoms with van der Waals surface area (Å²) in [4.78, 5) is 17.5. The first-order chi connectivity index (χ1) is 14.0. The summed E-state index contributed by atoms with van der Waals surface area (Å²) in [5, 5.41) is 14.1. The summed E-state index contributed by atoms with van der Waals surface area (Å²) >= 11 is 3.47. The van der Waals surface area contributed by atoms with Crippen molar-refractivity contribution in [1.29, 1.82) is 0 Å². The second-order valence-corrected chi connectivity index (χ2v) is 7.46. The monoisotopic (exact) mass is 448 g/mol. The lowest BCUT2D eigenvalue weighted by atomic mass is 10.1. The minimum atomic E-state index is -0.215. The van der Waals surface area contributed by atoms with Crippen molar-refractivity contribution in [2.45, 2.75) is 13.8 Å². The van der Waals surface area contributed by atoms with E-state index in [9.17, 15) is 4.79 Å². The van der Waals surface area contributed by atoms with Crippen molar-refractivity contribution in [2.75, 3.05) is 5.32 Å². The third-order valence-electron chi connectivity index (χ3n) is 4.53. The van der Waals surface area contributed by atoms with E-state index >= 15 is 0 Å². The van der Waals surface area contributed by atoms with Crippen molar-refractivity contribution in [1.82, 2.24) is 25.2 Å². The van der Waals surface area contributed by atoms with Crippen LogP contribution in [0.1, 0.15) is 21.6 Å². The van der Waals surface area contributed by atoms with E-state index in [1.165, 1.54) is 11.0 Å². The lowest BCUT2D eigenvalue weighted by Gasteiger charge is -2.12. The quantitative estimate of drug-likeness (QED) is 0.501. The molecule has 4 rings (SSSR count). The molecule has 2 aromatic heterocycles. The first kappa shape index (κ1) is 18.9. The van der Waals surface area contributed by atoms with Gasteiger partial charge in [0, 0.05) is 15.7 Å². The molecule has 7 nitrogen and oxygen atoms in total. The highest BCUT2D eigenvalue weighted by Crippen LogP contribution is 2.24. The molecule has 0 spiro atoms. The number of halogens is 1. The topological polar surface area (TPSA) is 85.6 Å². The van der Waals surface area contributed by atoms with Gasteiger partial charge in [-0.3, -0.25) is 9.78 Å². The lowest BCUT2D eigenvalue weighted by Crippen LogP contribution is -2.15. The zero-order valence-corrected chi connectivity index (χ0v) is 17.4. The number of rotatable bonds is 4. The number of aromatic nitrogens is 5. The summed E-state index contributed by atoms with van der Waals surface area (Å²) in [6.07, 6.45) is 1.50. The average Bonchev–Trinajstić information content (AvgIpc) is 3.24. The SMILES string of the molecule is Cc1ccc(-n2cnnn2)cc1NC(=O)c1ccc(-c2cccc(Br)c2)nc1C. The van der Waals surface area contributed by atoms with Crippen LogP contribution in [0.15, 0.2) is 65.4 Å². The maximum absolute atomic E-state index is 12.9. The lowest BCUT2D eigenvalue weighted by molar-refractivity contribution is 0.102. The number of nitrogens with zero attached hydrogens (tertiary/aromatic N) is 5. The fourth-order valence-corrected chi connectivity index (χ4v) is 3.37. The van der Waals surface area contributed by atoms with Crippen LogP contribution in [0.3, 0.4) is 0 Å². The minimum absolute atomic E-state index is 0.215. The van der Waals surface area contributed by atoms with Crippen LogP contribution in [0.2, 0.25) is 0 Å². The van der Waals surface area contributed by atoms with E-state index in [1.807, 2.05) is 62.4 Å². The summed E-state index contributed by atoms with van der Waals surface area (Å²) in [5.41, 5.74) is 5.38. The van der Waals surface area contributed by atoms with E-state index < -0.39 is 0 Å². The molecule has 0 saturated carbocycles. The normalized spacial score (nSPS) is 10.7. The smallest absolute Gasteiger partial charge is 0.257 e. The van der Waals surface area contributed by atoms with Crippen molar-refractivity contribution in [3.8, 4) is 16.9 Å². The molecule has 1 amide bonds. The number of hydrogen-bond donors (Lipinski definition) is 1. The average molecular weight is 449 g/mol. The molecule has 2 aromatic carbocycles. The van der Waals surface area contributed by atoms with Crippen molar-refractivity contribution in [2.24, 2.45) is 0 Å². The third-order valence-corrected chi connectivity index (χ3v) is 5.03. The molecule has 0 aliphatic rings. The Labute approximate surface area is 175 Å². The molecular formula is C21H17BrN6O. The summed E-state index contributed by atoms with van der Waals surface area (Å²) in [5.74, 6) is -0.215.